The topological polar surface area (TPSA) is 45.5 Å². The molecule has 1 aromatic heterocycles. The fraction of sp³-hybridized carbons (Fsp3) is 0.583. The van der Waals surface area contributed by atoms with Gasteiger partial charge in [0, 0.05) is 38.9 Å². The molecule has 166 valence electrons. The Labute approximate surface area is 199 Å². The van der Waals surface area contributed by atoms with E-state index in [2.05, 4.69) is 73.3 Å². The van der Waals surface area contributed by atoms with E-state index in [0.29, 0.717) is 11.8 Å². The zero-order valence-electron chi connectivity index (χ0n) is 19.2. The van der Waals surface area contributed by atoms with Crippen molar-refractivity contribution in [2.75, 3.05) is 26.2 Å². The molecule has 2 unspecified atom stereocenters. The van der Waals surface area contributed by atoms with E-state index in [1.54, 1.807) is 0 Å². The van der Waals surface area contributed by atoms with Crippen LogP contribution >= 0.6 is 24.0 Å². The fourth-order valence-corrected chi connectivity index (χ4v) is 4.66. The molecule has 5 nitrogen and oxygen atoms in total. The Hall–Kier alpha value is -1.57. The van der Waals surface area contributed by atoms with Gasteiger partial charge in [0.05, 0.1) is 5.69 Å². The number of halogens is 1. The van der Waals surface area contributed by atoms with Gasteiger partial charge in [-0.15, -0.1) is 24.0 Å². The summed E-state index contributed by atoms with van der Waals surface area (Å²) < 4.78 is 1.97. The molecule has 1 N–H and O–H groups in total. The molecule has 1 aromatic carbocycles. The zero-order chi connectivity index (χ0) is 20.8. The Balaban J connectivity index is 0.00000320. The van der Waals surface area contributed by atoms with Crippen molar-refractivity contribution in [3.05, 3.63) is 52.8 Å². The number of guanidine groups is 1. The van der Waals surface area contributed by atoms with Crippen molar-refractivity contribution < 1.29 is 0 Å². The highest BCUT2D eigenvalue weighted by molar-refractivity contribution is 14.0. The van der Waals surface area contributed by atoms with Crippen molar-refractivity contribution in [3.8, 4) is 0 Å². The summed E-state index contributed by atoms with van der Waals surface area (Å²) in [5.41, 5.74) is 5.20. The summed E-state index contributed by atoms with van der Waals surface area (Å²) in [5, 5.41) is 8.06. The van der Waals surface area contributed by atoms with Gasteiger partial charge in [0.15, 0.2) is 5.96 Å². The summed E-state index contributed by atoms with van der Waals surface area (Å²) in [5.74, 6) is 2.38. The minimum absolute atomic E-state index is 0. The molecule has 30 heavy (non-hydrogen) atoms. The van der Waals surface area contributed by atoms with E-state index < -0.39 is 0 Å². The van der Waals surface area contributed by atoms with Crippen molar-refractivity contribution in [3.63, 3.8) is 0 Å². The van der Waals surface area contributed by atoms with Crippen LogP contribution in [0, 0.1) is 19.8 Å². The van der Waals surface area contributed by atoms with Gasteiger partial charge < -0.3 is 10.2 Å². The van der Waals surface area contributed by atoms with E-state index >= 15 is 0 Å². The molecule has 0 saturated carbocycles. The lowest BCUT2D eigenvalue weighted by Crippen LogP contribution is -2.48. The number of aliphatic imine (C=N–C) groups is 1. The summed E-state index contributed by atoms with van der Waals surface area (Å²) in [6.45, 7) is 12.5. The highest BCUT2D eigenvalue weighted by atomic mass is 127. The third-order valence-electron chi connectivity index (χ3n) is 6.40. The normalized spacial score (nSPS) is 19.5. The Bertz CT molecular complexity index is 815. The van der Waals surface area contributed by atoms with Crippen LogP contribution in [0.1, 0.15) is 55.1 Å². The number of rotatable bonds is 6. The molecule has 1 aliphatic rings. The second-order valence-corrected chi connectivity index (χ2v) is 8.18. The molecular formula is C24H38IN5. The average molecular weight is 524 g/mol. The van der Waals surface area contributed by atoms with Gasteiger partial charge in [-0.1, -0.05) is 43.7 Å². The molecule has 1 aliphatic heterocycles. The van der Waals surface area contributed by atoms with Gasteiger partial charge in [-0.2, -0.15) is 5.10 Å². The van der Waals surface area contributed by atoms with Crippen LogP contribution in [-0.4, -0.2) is 46.8 Å². The number of benzene rings is 1. The maximum absolute atomic E-state index is 4.98. The number of hydrogen-bond donors (Lipinski definition) is 1. The van der Waals surface area contributed by atoms with Gasteiger partial charge in [0.25, 0.3) is 0 Å². The van der Waals surface area contributed by atoms with Crippen LogP contribution in [0.25, 0.3) is 0 Å². The lowest BCUT2D eigenvalue weighted by Gasteiger charge is -2.40. The Morgan fingerprint density at radius 2 is 1.93 bits per heavy atom. The van der Waals surface area contributed by atoms with Crippen LogP contribution in [0.15, 0.2) is 35.3 Å². The summed E-state index contributed by atoms with van der Waals surface area (Å²) in [6.07, 6.45) is 3.33. The quantitative estimate of drug-likeness (QED) is 0.340. The maximum atomic E-state index is 4.98. The van der Waals surface area contributed by atoms with Crippen LogP contribution < -0.4 is 5.32 Å². The molecular weight excluding hydrogens is 485 g/mol. The number of nitrogens with one attached hydrogen (secondary N) is 1. The molecule has 1 fully saturated rings. The van der Waals surface area contributed by atoms with Gasteiger partial charge in [0.1, 0.15) is 0 Å². The Morgan fingerprint density at radius 1 is 1.20 bits per heavy atom. The van der Waals surface area contributed by atoms with Crippen molar-refractivity contribution >= 4 is 29.9 Å². The lowest BCUT2D eigenvalue weighted by atomic mass is 9.79. The molecule has 1 saturated heterocycles. The maximum Gasteiger partial charge on any atom is 0.193 e. The largest absolute Gasteiger partial charge is 0.357 e. The highest BCUT2D eigenvalue weighted by Crippen LogP contribution is 2.34. The van der Waals surface area contributed by atoms with Gasteiger partial charge in [-0.05, 0) is 56.6 Å². The SMILES string of the molecule is CCNC(=NCCc1c(C)nn(C)c1C)N1CCC(c2ccccc2)C(CC)C1.I. The number of likely N-dealkylation sites (tertiary alicyclic amines) is 1. The van der Waals surface area contributed by atoms with Crippen LogP contribution in [0.3, 0.4) is 0 Å². The average Bonchev–Trinajstić information content (AvgIpc) is 2.99. The number of aromatic nitrogens is 2. The first kappa shape index (κ1) is 24.7. The van der Waals surface area contributed by atoms with Gasteiger partial charge in [-0.25, -0.2) is 0 Å². The molecule has 2 heterocycles. The van der Waals surface area contributed by atoms with Crippen LogP contribution in [0.2, 0.25) is 0 Å². The summed E-state index contributed by atoms with van der Waals surface area (Å²) in [4.78, 5) is 7.46. The zero-order valence-corrected chi connectivity index (χ0v) is 21.5. The van der Waals surface area contributed by atoms with Crippen molar-refractivity contribution in [2.45, 2.75) is 52.9 Å². The molecule has 2 aromatic rings. The lowest BCUT2D eigenvalue weighted by molar-refractivity contribution is 0.215. The van der Waals surface area contributed by atoms with Crippen LogP contribution in [-0.2, 0) is 13.5 Å². The highest BCUT2D eigenvalue weighted by Gasteiger charge is 2.30. The number of hydrogen-bond acceptors (Lipinski definition) is 2. The Kier molecular flexibility index (Phi) is 9.65. The van der Waals surface area contributed by atoms with Gasteiger partial charge in [0.2, 0.25) is 0 Å². The minimum Gasteiger partial charge on any atom is -0.357 e. The minimum atomic E-state index is 0. The smallest absolute Gasteiger partial charge is 0.193 e. The molecule has 2 atom stereocenters. The second kappa shape index (κ2) is 11.7. The first-order valence-electron chi connectivity index (χ1n) is 11.1. The van der Waals surface area contributed by atoms with E-state index in [0.717, 1.165) is 44.3 Å². The second-order valence-electron chi connectivity index (χ2n) is 8.18. The molecule has 0 aliphatic carbocycles. The summed E-state index contributed by atoms with van der Waals surface area (Å²) in [6, 6.07) is 11.0. The molecule has 0 amide bonds. The monoisotopic (exact) mass is 523 g/mol. The summed E-state index contributed by atoms with van der Waals surface area (Å²) in [7, 11) is 2.01. The van der Waals surface area contributed by atoms with E-state index in [1.165, 1.54) is 29.7 Å². The third kappa shape index (κ3) is 5.77. The van der Waals surface area contributed by atoms with E-state index in [1.807, 2.05) is 11.7 Å². The predicted molar refractivity (Wildman–Crippen MR) is 137 cm³/mol. The van der Waals surface area contributed by atoms with Crippen molar-refractivity contribution in [1.82, 2.24) is 20.0 Å². The van der Waals surface area contributed by atoms with Gasteiger partial charge >= 0.3 is 0 Å². The summed E-state index contributed by atoms with van der Waals surface area (Å²) >= 11 is 0. The molecule has 0 spiro atoms. The molecule has 3 rings (SSSR count). The fourth-order valence-electron chi connectivity index (χ4n) is 4.66. The molecule has 6 heteroatoms. The first-order chi connectivity index (χ1) is 14.0. The first-order valence-corrected chi connectivity index (χ1v) is 11.1. The number of aryl methyl sites for hydroxylation is 2. The van der Waals surface area contributed by atoms with Crippen LogP contribution in [0.5, 0.6) is 0 Å². The number of piperidine rings is 1. The van der Waals surface area contributed by atoms with E-state index in [9.17, 15) is 0 Å². The van der Waals surface area contributed by atoms with Crippen molar-refractivity contribution in [1.29, 1.82) is 0 Å². The molecule has 0 radical (unpaired) electrons. The third-order valence-corrected chi connectivity index (χ3v) is 6.40. The Morgan fingerprint density at radius 3 is 2.53 bits per heavy atom. The number of nitrogens with zero attached hydrogens (tertiary/aromatic N) is 4. The van der Waals surface area contributed by atoms with E-state index in [-0.39, 0.29) is 24.0 Å². The standard InChI is InChI=1S/C24H37N5.HI/c1-6-20-17-29(16-14-23(20)21-11-9-8-10-12-21)24(25-7-2)26-15-13-22-18(3)27-28(5)19(22)4;/h8-12,20,23H,6-7,13-17H2,1-5H3,(H,25,26);1H. The van der Waals surface area contributed by atoms with E-state index in [4.69, 9.17) is 4.99 Å². The van der Waals surface area contributed by atoms with Crippen LogP contribution in [0.4, 0.5) is 0 Å². The van der Waals surface area contributed by atoms with Crippen molar-refractivity contribution in [2.24, 2.45) is 18.0 Å². The molecule has 0 bridgehead atoms. The van der Waals surface area contributed by atoms with Gasteiger partial charge in [-0.3, -0.25) is 9.67 Å². The predicted octanol–water partition coefficient (Wildman–Crippen LogP) is 4.68.